The van der Waals surface area contributed by atoms with Crippen LogP contribution in [-0.2, 0) is 57.0 Å². The Morgan fingerprint density at radius 2 is 0.966 bits per heavy atom. The number of ether oxygens (including phenoxy) is 10. The predicted octanol–water partition coefficient (Wildman–Crippen LogP) is -8.54. The number of amides is 2. The Kier molecular flexibility index (Phi) is 15.2. The van der Waals surface area contributed by atoms with E-state index >= 15 is 0 Å². The fourth-order valence-corrected chi connectivity index (χ4v) is 8.08. The summed E-state index contributed by atoms with van der Waals surface area (Å²) >= 11 is 0. The molecule has 7 aliphatic rings. The Bertz CT molecular complexity index is 1420. The quantitative estimate of drug-likeness (QED) is 0.113. The second kappa shape index (κ2) is 19.2. The van der Waals surface area contributed by atoms with Crippen LogP contribution in [0.25, 0.3) is 0 Å². The Labute approximate surface area is 336 Å². The monoisotopic (exact) mass is 860 g/mol. The molecule has 7 heterocycles. The lowest BCUT2D eigenvalue weighted by Gasteiger charge is -2.53. The molecule has 7 aliphatic heterocycles. The van der Waals surface area contributed by atoms with Crippen molar-refractivity contribution in [2.75, 3.05) is 19.8 Å². The summed E-state index contributed by atoms with van der Waals surface area (Å²) in [5, 5.41) is 126. The normalized spacial score (nSPS) is 51.9. The van der Waals surface area contributed by atoms with Crippen molar-refractivity contribution in [3.63, 3.8) is 0 Å². The summed E-state index contributed by atoms with van der Waals surface area (Å²) in [4.78, 5) is 25.0. The van der Waals surface area contributed by atoms with Gasteiger partial charge in [0.1, 0.15) is 110 Å². The number of hydrogen-bond acceptors (Lipinski definition) is 23. The average Bonchev–Trinajstić information content (AvgIpc) is 3.18. The molecule has 25 atom stereocenters. The third-order valence-electron chi connectivity index (χ3n) is 11.3. The molecule has 0 aliphatic carbocycles. The average molecular weight is 861 g/mol. The smallest absolute Gasteiger partial charge is 0.217 e. The van der Waals surface area contributed by atoms with Crippen LogP contribution in [0.5, 0.6) is 0 Å². The van der Waals surface area contributed by atoms with Crippen molar-refractivity contribution in [1.29, 1.82) is 0 Å². The summed E-state index contributed by atoms with van der Waals surface area (Å²) in [5.41, 5.74) is 0. The number of carbonyl (C=O) groups is 2. The van der Waals surface area contributed by atoms with Crippen LogP contribution in [0.4, 0.5) is 0 Å². The van der Waals surface area contributed by atoms with Crippen molar-refractivity contribution in [3.05, 3.63) is 0 Å². The molecule has 0 spiro atoms. The lowest BCUT2D eigenvalue weighted by molar-refractivity contribution is -0.414. The summed E-state index contributed by atoms with van der Waals surface area (Å²) in [7, 11) is 0. The van der Waals surface area contributed by atoms with Crippen molar-refractivity contribution in [2.45, 2.75) is 181 Å². The predicted molar refractivity (Wildman–Crippen MR) is 184 cm³/mol. The maximum absolute atomic E-state index is 12.7. The first-order valence-electron chi connectivity index (χ1n) is 19.3. The fourth-order valence-electron chi connectivity index (χ4n) is 8.08. The molecule has 59 heavy (non-hydrogen) atoms. The van der Waals surface area contributed by atoms with Crippen LogP contribution in [0.2, 0.25) is 0 Å². The zero-order chi connectivity index (χ0) is 43.2. The molecule has 25 nitrogen and oxygen atoms in total. The number of rotatable bonds is 7. The second-order valence-corrected chi connectivity index (χ2v) is 15.5. The largest absolute Gasteiger partial charge is 0.394 e. The zero-order valence-electron chi connectivity index (χ0n) is 32.4. The van der Waals surface area contributed by atoms with Crippen LogP contribution in [0.1, 0.15) is 27.7 Å². The molecule has 2 amide bonds. The molecule has 0 saturated carbocycles. The van der Waals surface area contributed by atoms with E-state index < -0.39 is 185 Å². The van der Waals surface area contributed by atoms with E-state index in [1.165, 1.54) is 13.8 Å². The van der Waals surface area contributed by atoms with Crippen molar-refractivity contribution in [3.8, 4) is 0 Å². The lowest BCUT2D eigenvalue weighted by atomic mass is 9.93. The molecular formula is C34H56N2O23. The minimum atomic E-state index is -2.00. The summed E-state index contributed by atoms with van der Waals surface area (Å²) in [6.07, 6.45) is -39.6. The molecule has 340 valence electrons. The highest BCUT2D eigenvalue weighted by atomic mass is 16.8. The maximum Gasteiger partial charge on any atom is 0.217 e. The van der Waals surface area contributed by atoms with Crippen molar-refractivity contribution in [2.24, 2.45) is 0 Å². The van der Waals surface area contributed by atoms with Gasteiger partial charge in [-0.05, 0) is 13.8 Å². The van der Waals surface area contributed by atoms with Gasteiger partial charge < -0.3 is 114 Å². The van der Waals surface area contributed by atoms with Gasteiger partial charge in [-0.2, -0.15) is 0 Å². The summed E-state index contributed by atoms with van der Waals surface area (Å²) in [5.74, 6) is -1.46. The first-order valence-corrected chi connectivity index (χ1v) is 19.3. The SMILES string of the molecule is CC(=O)N[C@H]1[C@H](O[C@H]2[C@@H]3O[C@H]4[C@H](O[C@H]5[C@H](O)[C@@H](O)[C@@H](O[C@H]6[C@@H](O)[C@@H](CO)O[C@@H](O[C@@H]2[C@@H](O)[C@H](C)O3)[C@@H]6NC(C)=O)O[C@@H]5CO)O[C@@H](C)[C@H](O)[C@H]4O)O[C@H](CO)[C@@H](O)[C@@H]1O. The van der Waals surface area contributed by atoms with E-state index in [-0.39, 0.29) is 0 Å². The van der Waals surface area contributed by atoms with E-state index in [2.05, 4.69) is 10.6 Å². The minimum absolute atomic E-state index is 0.720. The second-order valence-electron chi connectivity index (χ2n) is 15.5. The summed E-state index contributed by atoms with van der Waals surface area (Å²) in [6, 6.07) is -3.17. The number of carbonyl (C=O) groups excluding carboxylic acids is 2. The number of nitrogens with one attached hydrogen (secondary N) is 2. The molecule has 25 heteroatoms. The van der Waals surface area contributed by atoms with E-state index in [0.717, 1.165) is 13.8 Å². The molecule has 0 aromatic heterocycles. The van der Waals surface area contributed by atoms with Gasteiger partial charge in [-0.3, -0.25) is 9.59 Å². The first kappa shape index (κ1) is 46.6. The van der Waals surface area contributed by atoms with Crippen LogP contribution in [0.3, 0.4) is 0 Å². The topological polar surface area (TPSA) is 373 Å². The third-order valence-corrected chi connectivity index (χ3v) is 11.3. The van der Waals surface area contributed by atoms with Gasteiger partial charge in [-0.1, -0.05) is 0 Å². The van der Waals surface area contributed by atoms with Gasteiger partial charge in [0.25, 0.3) is 0 Å². The van der Waals surface area contributed by atoms with Gasteiger partial charge in [-0.25, -0.2) is 0 Å². The molecule has 0 aromatic rings. The highest BCUT2D eigenvalue weighted by molar-refractivity contribution is 5.73. The van der Waals surface area contributed by atoms with Gasteiger partial charge in [0.05, 0.1) is 32.0 Å². The highest BCUT2D eigenvalue weighted by Gasteiger charge is 2.59. The van der Waals surface area contributed by atoms with Gasteiger partial charge in [0, 0.05) is 13.8 Å². The van der Waals surface area contributed by atoms with Gasteiger partial charge in [-0.15, -0.1) is 0 Å². The maximum atomic E-state index is 12.7. The van der Waals surface area contributed by atoms with Crippen molar-refractivity contribution in [1.82, 2.24) is 10.6 Å². The Hall–Kier alpha value is -1.90. The molecule has 7 saturated heterocycles. The highest BCUT2D eigenvalue weighted by Crippen LogP contribution is 2.39. The molecule has 0 unspecified atom stereocenters. The van der Waals surface area contributed by atoms with Gasteiger partial charge >= 0.3 is 0 Å². The standard InChI is InChI=1S/C34H56N2O23/c1-8-17(42)22(47)28-33(50-8)55-25-14(7-39)54-32(24(49)23(25)48)56-26-16(36-11(4)41)31(53-13(6-38)20(26)45)57-27-18(43)9(2)51-34(58-28)29(27)59-30-15(35-10(3)40)21(46)19(44)12(5-37)52-30/h8-9,12-34,37-39,42-49H,5-7H2,1-4H3,(H,35,40)(H,36,41)/t8-,9-,12+,13+,14+,15+,16+,17-,18-,19+,20-,21+,22+,23+,24+,25+,26+,27+,28+,29+,30-,31-,32+,33-,34-/m0/s1. The molecule has 7 rings (SSSR count). The zero-order valence-corrected chi connectivity index (χ0v) is 32.4. The molecule has 7 fully saturated rings. The molecule has 6 bridgehead atoms. The molecule has 0 radical (unpaired) electrons. The molecule has 0 aromatic carbocycles. The lowest BCUT2D eigenvalue weighted by Crippen LogP contribution is -2.71. The van der Waals surface area contributed by atoms with E-state index in [1.54, 1.807) is 0 Å². The third kappa shape index (κ3) is 9.41. The van der Waals surface area contributed by atoms with Crippen molar-refractivity contribution >= 4 is 11.8 Å². The number of aliphatic hydroxyl groups is 11. The van der Waals surface area contributed by atoms with E-state index in [1.807, 2.05) is 0 Å². The van der Waals surface area contributed by atoms with Gasteiger partial charge in [0.2, 0.25) is 11.8 Å². The van der Waals surface area contributed by atoms with Crippen molar-refractivity contribution < 1.29 is 113 Å². The fraction of sp³-hybridized carbons (Fsp3) is 0.941. The van der Waals surface area contributed by atoms with Crippen LogP contribution in [0.15, 0.2) is 0 Å². The summed E-state index contributed by atoms with van der Waals surface area (Å²) < 4.78 is 60.5. The van der Waals surface area contributed by atoms with E-state index in [4.69, 9.17) is 47.4 Å². The Morgan fingerprint density at radius 1 is 0.458 bits per heavy atom. The van der Waals surface area contributed by atoms with Crippen LogP contribution < -0.4 is 10.6 Å². The number of aliphatic hydroxyl groups excluding tert-OH is 11. The van der Waals surface area contributed by atoms with E-state index in [0.29, 0.717) is 0 Å². The van der Waals surface area contributed by atoms with Gasteiger partial charge in [0.15, 0.2) is 31.5 Å². The number of fused-ring (bicyclic) bond motifs is 2. The van der Waals surface area contributed by atoms with Crippen LogP contribution in [-0.4, -0.2) is 241 Å². The summed E-state index contributed by atoms with van der Waals surface area (Å²) in [6.45, 7) is 2.31. The molecule has 13 N–H and O–H groups in total. The Morgan fingerprint density at radius 3 is 1.59 bits per heavy atom. The van der Waals surface area contributed by atoms with E-state index in [9.17, 15) is 65.8 Å². The first-order chi connectivity index (χ1) is 27.9. The molecular weight excluding hydrogens is 804 g/mol. The number of hydrogen-bond donors (Lipinski definition) is 13. The van der Waals surface area contributed by atoms with Crippen LogP contribution in [0, 0.1) is 0 Å². The minimum Gasteiger partial charge on any atom is -0.394 e. The Balaban J connectivity index is 1.50. The van der Waals surface area contributed by atoms with Crippen LogP contribution >= 0.6 is 0 Å².